The highest BCUT2D eigenvalue weighted by molar-refractivity contribution is 7.88. The van der Waals surface area contributed by atoms with Gasteiger partial charge in [-0.05, 0) is 87.9 Å². The van der Waals surface area contributed by atoms with Crippen LogP contribution in [0.4, 0.5) is 17.6 Å². The molecule has 38 heavy (non-hydrogen) atoms. The Morgan fingerprint density at radius 1 is 1.03 bits per heavy atom. The van der Waals surface area contributed by atoms with Crippen molar-refractivity contribution in [2.45, 2.75) is 82.1 Å². The van der Waals surface area contributed by atoms with Crippen molar-refractivity contribution in [3.8, 4) is 0 Å². The summed E-state index contributed by atoms with van der Waals surface area (Å²) in [5.41, 5.74) is 0.931. The molecular formula is C26H35F4N5O2S. The lowest BCUT2D eigenvalue weighted by molar-refractivity contribution is -0.148. The van der Waals surface area contributed by atoms with Crippen LogP contribution in [0.1, 0.15) is 74.1 Å². The summed E-state index contributed by atoms with van der Waals surface area (Å²) < 4.78 is 81.7. The summed E-state index contributed by atoms with van der Waals surface area (Å²) >= 11 is 0. The Hall–Kier alpha value is -2.05. The number of fused-ring (bicyclic) bond motifs is 2. The molecule has 2 bridgehead atoms. The van der Waals surface area contributed by atoms with Gasteiger partial charge in [-0.25, -0.2) is 17.1 Å². The third kappa shape index (κ3) is 5.62. The van der Waals surface area contributed by atoms with Crippen molar-refractivity contribution in [1.29, 1.82) is 0 Å². The lowest BCUT2D eigenvalue weighted by Crippen LogP contribution is -2.45. The second-order valence-corrected chi connectivity index (χ2v) is 13.1. The summed E-state index contributed by atoms with van der Waals surface area (Å²) in [7, 11) is -3.24. The molecule has 2 unspecified atom stereocenters. The first-order chi connectivity index (χ1) is 17.9. The van der Waals surface area contributed by atoms with Crippen LogP contribution in [0.5, 0.6) is 0 Å². The maximum atomic E-state index is 14.2. The normalized spacial score (nSPS) is 26.6. The van der Waals surface area contributed by atoms with Gasteiger partial charge < -0.3 is 4.57 Å². The number of alkyl halides is 3. The van der Waals surface area contributed by atoms with E-state index >= 15 is 0 Å². The van der Waals surface area contributed by atoms with Gasteiger partial charge in [0.25, 0.3) is 0 Å². The van der Waals surface area contributed by atoms with E-state index in [1.807, 2.05) is 6.07 Å². The van der Waals surface area contributed by atoms with E-state index in [4.69, 9.17) is 0 Å². The molecule has 210 valence electrons. The molecule has 0 spiro atoms. The molecule has 0 amide bonds. The number of aryl methyl sites for hydroxylation is 1. The quantitative estimate of drug-likeness (QED) is 0.460. The van der Waals surface area contributed by atoms with Crippen LogP contribution in [-0.4, -0.2) is 70.4 Å². The zero-order valence-corrected chi connectivity index (χ0v) is 22.6. The molecule has 3 fully saturated rings. The number of halogens is 4. The molecule has 3 atom stereocenters. The Balaban J connectivity index is 1.29. The second kappa shape index (κ2) is 10.5. The molecule has 3 saturated heterocycles. The number of hydrogen-bond acceptors (Lipinski definition) is 5. The Bertz CT molecular complexity index is 1230. The minimum atomic E-state index is -4.54. The van der Waals surface area contributed by atoms with Gasteiger partial charge in [0.15, 0.2) is 0 Å². The summed E-state index contributed by atoms with van der Waals surface area (Å²) in [6.07, 6.45) is 2.06. The topological polar surface area (TPSA) is 71.3 Å². The van der Waals surface area contributed by atoms with E-state index < -0.39 is 22.0 Å². The van der Waals surface area contributed by atoms with Crippen LogP contribution in [0, 0.1) is 18.7 Å². The summed E-state index contributed by atoms with van der Waals surface area (Å²) in [4.78, 5) is 2.45. The molecule has 0 saturated carbocycles. The number of rotatable bonds is 7. The fourth-order valence-corrected chi connectivity index (χ4v) is 8.00. The molecule has 0 aliphatic carbocycles. The zero-order valence-electron chi connectivity index (χ0n) is 21.7. The van der Waals surface area contributed by atoms with Crippen LogP contribution in [0.3, 0.4) is 0 Å². The highest BCUT2D eigenvalue weighted by atomic mass is 32.2. The fraction of sp³-hybridized carbons (Fsp3) is 0.692. The monoisotopic (exact) mass is 557 g/mol. The molecule has 3 aliphatic heterocycles. The number of aromatic nitrogens is 3. The van der Waals surface area contributed by atoms with Crippen LogP contribution in [0.2, 0.25) is 0 Å². The standard InChI is InChI=1S/C26H35F4N5O2S/c1-17-31-32-25(26(28,29)30)35(17)23-15-21-6-7-22(16-23)34(21)13-10-24(19-4-3-5-20(27)14-19)18-8-11-33(12-9-18)38(2,36)37/h3-5,14,18,21-24H,6-13,15-16H2,1-2H3/t21?,22?,23?,24-/m1/s1. The van der Waals surface area contributed by atoms with E-state index in [2.05, 4.69) is 15.1 Å². The van der Waals surface area contributed by atoms with Gasteiger partial charge in [-0.2, -0.15) is 13.2 Å². The molecular weight excluding hydrogens is 522 g/mol. The van der Waals surface area contributed by atoms with E-state index in [0.717, 1.165) is 44.2 Å². The van der Waals surface area contributed by atoms with Crippen molar-refractivity contribution in [3.63, 3.8) is 0 Å². The lowest BCUT2D eigenvalue weighted by atomic mass is 9.78. The highest BCUT2D eigenvalue weighted by Crippen LogP contribution is 2.44. The maximum absolute atomic E-state index is 14.2. The van der Waals surface area contributed by atoms with Gasteiger partial charge in [-0.1, -0.05) is 12.1 Å². The summed E-state index contributed by atoms with van der Waals surface area (Å²) in [6, 6.07) is 6.77. The molecule has 0 radical (unpaired) electrons. The third-order valence-electron chi connectivity index (χ3n) is 8.86. The van der Waals surface area contributed by atoms with E-state index in [0.29, 0.717) is 31.8 Å². The molecule has 5 rings (SSSR count). The summed E-state index contributed by atoms with van der Waals surface area (Å²) in [5, 5.41) is 7.15. The first kappa shape index (κ1) is 27.5. The largest absolute Gasteiger partial charge is 0.451 e. The molecule has 4 heterocycles. The third-order valence-corrected chi connectivity index (χ3v) is 10.2. The summed E-state index contributed by atoms with van der Waals surface area (Å²) in [5.74, 6) is -0.589. The van der Waals surface area contributed by atoms with Crippen molar-refractivity contribution < 1.29 is 26.0 Å². The summed E-state index contributed by atoms with van der Waals surface area (Å²) in [6.45, 7) is 3.29. The highest BCUT2D eigenvalue weighted by Gasteiger charge is 2.45. The first-order valence-corrected chi connectivity index (χ1v) is 15.2. The van der Waals surface area contributed by atoms with Crippen LogP contribution in [0.15, 0.2) is 24.3 Å². The van der Waals surface area contributed by atoms with Gasteiger partial charge in [0.1, 0.15) is 11.6 Å². The van der Waals surface area contributed by atoms with Gasteiger partial charge in [0.2, 0.25) is 15.8 Å². The molecule has 2 aromatic rings. The van der Waals surface area contributed by atoms with Crippen molar-refractivity contribution in [3.05, 3.63) is 47.3 Å². The average Bonchev–Trinajstić information content (AvgIpc) is 3.34. The molecule has 0 N–H and O–H groups in total. The second-order valence-electron chi connectivity index (χ2n) is 11.1. The Labute approximate surface area is 221 Å². The lowest BCUT2D eigenvalue weighted by Gasteiger charge is -2.41. The Kier molecular flexibility index (Phi) is 7.60. The number of hydrogen-bond donors (Lipinski definition) is 0. The molecule has 3 aliphatic rings. The van der Waals surface area contributed by atoms with Gasteiger partial charge in [0, 0.05) is 31.2 Å². The van der Waals surface area contributed by atoms with E-state index in [9.17, 15) is 26.0 Å². The minimum Gasteiger partial charge on any atom is -0.304 e. The molecule has 1 aromatic heterocycles. The fourth-order valence-electron chi connectivity index (χ4n) is 7.13. The smallest absolute Gasteiger partial charge is 0.304 e. The Morgan fingerprint density at radius 2 is 1.68 bits per heavy atom. The van der Waals surface area contributed by atoms with Crippen molar-refractivity contribution in [2.24, 2.45) is 5.92 Å². The van der Waals surface area contributed by atoms with Crippen molar-refractivity contribution in [1.82, 2.24) is 24.0 Å². The van der Waals surface area contributed by atoms with Gasteiger partial charge in [-0.15, -0.1) is 10.2 Å². The maximum Gasteiger partial charge on any atom is 0.451 e. The first-order valence-electron chi connectivity index (χ1n) is 13.4. The van der Waals surface area contributed by atoms with Crippen LogP contribution < -0.4 is 0 Å². The Morgan fingerprint density at radius 3 is 2.26 bits per heavy atom. The van der Waals surface area contributed by atoms with Crippen LogP contribution in [0.25, 0.3) is 0 Å². The van der Waals surface area contributed by atoms with Crippen LogP contribution >= 0.6 is 0 Å². The molecule has 7 nitrogen and oxygen atoms in total. The van der Waals surface area contributed by atoms with Crippen LogP contribution in [-0.2, 0) is 16.2 Å². The van der Waals surface area contributed by atoms with Gasteiger partial charge in [-0.3, -0.25) is 4.90 Å². The molecule has 1 aromatic carbocycles. The van der Waals surface area contributed by atoms with E-state index in [-0.39, 0.29) is 35.8 Å². The number of nitrogens with zero attached hydrogens (tertiary/aromatic N) is 5. The van der Waals surface area contributed by atoms with Gasteiger partial charge >= 0.3 is 6.18 Å². The number of piperidine rings is 2. The zero-order chi connectivity index (χ0) is 27.2. The average molecular weight is 558 g/mol. The van der Waals surface area contributed by atoms with Crippen molar-refractivity contribution >= 4 is 10.0 Å². The number of benzene rings is 1. The SMILES string of the molecule is Cc1nnc(C(F)(F)F)n1C1CC2CCC(C1)N2CC[C@@H](c1cccc(F)c1)C1CCN(S(C)(=O)=O)CC1. The van der Waals surface area contributed by atoms with Gasteiger partial charge in [0.05, 0.1) is 6.26 Å². The predicted molar refractivity (Wildman–Crippen MR) is 134 cm³/mol. The number of sulfonamides is 1. The van der Waals surface area contributed by atoms with Crippen molar-refractivity contribution in [2.75, 3.05) is 25.9 Å². The van der Waals surface area contributed by atoms with E-state index in [1.54, 1.807) is 19.1 Å². The minimum absolute atomic E-state index is 0.0847. The molecule has 12 heteroatoms. The predicted octanol–water partition coefficient (Wildman–Crippen LogP) is 4.76. The van der Waals surface area contributed by atoms with E-state index in [1.165, 1.54) is 21.2 Å².